The van der Waals surface area contributed by atoms with E-state index >= 15 is 0 Å². The number of hydrazine groups is 1. The van der Waals surface area contributed by atoms with E-state index in [1.165, 1.54) is 25.7 Å². The normalized spacial score (nSPS) is 11.6. The van der Waals surface area contributed by atoms with Crippen molar-refractivity contribution in [1.82, 2.24) is 21.4 Å². The van der Waals surface area contributed by atoms with Gasteiger partial charge in [-0.3, -0.25) is 15.0 Å². The monoisotopic (exact) mass is 442 g/mol. The van der Waals surface area contributed by atoms with Crippen LogP contribution in [-0.4, -0.2) is 41.9 Å². The summed E-state index contributed by atoms with van der Waals surface area (Å²) in [5, 5.41) is 25.1. The lowest BCUT2D eigenvalue weighted by Gasteiger charge is -2.19. The summed E-state index contributed by atoms with van der Waals surface area (Å²) in [6.45, 7) is 7.17. The van der Waals surface area contributed by atoms with Gasteiger partial charge in [-0.2, -0.15) is 0 Å². The van der Waals surface area contributed by atoms with Crippen LogP contribution in [0.2, 0.25) is 0 Å². The molecule has 0 aliphatic rings. The number of nitrogens with one attached hydrogen (secondary N) is 5. The van der Waals surface area contributed by atoms with E-state index in [0.29, 0.717) is 31.7 Å². The molecule has 10 nitrogen and oxygen atoms in total. The van der Waals surface area contributed by atoms with Crippen molar-refractivity contribution in [2.45, 2.75) is 97.4 Å². The van der Waals surface area contributed by atoms with Crippen LogP contribution < -0.4 is 21.4 Å². The Hall–Kier alpha value is -2.39. The first-order chi connectivity index (χ1) is 14.8. The average Bonchev–Trinajstić information content (AvgIpc) is 2.68. The maximum absolute atomic E-state index is 12.5. The predicted molar refractivity (Wildman–Crippen MR) is 122 cm³/mol. The van der Waals surface area contributed by atoms with Crippen molar-refractivity contribution in [2.75, 3.05) is 13.1 Å². The predicted octanol–water partition coefficient (Wildman–Crippen LogP) is 2.86. The molecule has 5 N–H and O–H groups in total. The molecular weight excluding hydrogens is 400 g/mol. The van der Waals surface area contributed by atoms with Gasteiger partial charge in [-0.15, -0.1) is 0 Å². The zero-order valence-corrected chi connectivity index (χ0v) is 19.4. The highest BCUT2D eigenvalue weighted by molar-refractivity contribution is 5.87. The van der Waals surface area contributed by atoms with Gasteiger partial charge in [-0.05, 0) is 31.6 Å². The fourth-order valence-electron chi connectivity index (χ4n) is 3.04. The standard InChI is InChI=1S/C21H42N6O4/c1-4-5-6-7-8-9-10-13-19(28)25-18(20(29)23-16-14-17(2)3)12-11-15-24-21(22)26-27(30)31/h17-18H,4-16H2,1-3H3,(H,23,29)(H,25,28)(H3,22,24,26)/t18-/m0/s1. The maximum Gasteiger partial charge on any atom is 0.251 e. The highest BCUT2D eigenvalue weighted by Gasteiger charge is 2.20. The third-order valence-electron chi connectivity index (χ3n) is 4.85. The number of amides is 2. The molecule has 0 spiro atoms. The molecule has 0 unspecified atom stereocenters. The van der Waals surface area contributed by atoms with Crippen LogP contribution in [0.4, 0.5) is 0 Å². The first kappa shape index (κ1) is 28.6. The number of rotatable bonds is 18. The summed E-state index contributed by atoms with van der Waals surface area (Å²) in [5.74, 6) is -0.291. The van der Waals surface area contributed by atoms with Crippen LogP contribution in [0.5, 0.6) is 0 Å². The summed E-state index contributed by atoms with van der Waals surface area (Å²) in [7, 11) is 0. The summed E-state index contributed by atoms with van der Waals surface area (Å²) in [5.41, 5.74) is 1.71. The first-order valence-corrected chi connectivity index (χ1v) is 11.6. The molecule has 31 heavy (non-hydrogen) atoms. The van der Waals surface area contributed by atoms with Crippen LogP contribution in [-0.2, 0) is 9.59 Å². The number of hydrogen-bond acceptors (Lipinski definition) is 5. The number of guanidine groups is 1. The Morgan fingerprint density at radius 1 is 0.935 bits per heavy atom. The van der Waals surface area contributed by atoms with Crippen LogP contribution >= 0.6 is 0 Å². The Morgan fingerprint density at radius 2 is 1.58 bits per heavy atom. The van der Waals surface area contributed by atoms with E-state index in [2.05, 4.69) is 36.7 Å². The Bertz CT molecular complexity index is 542. The molecule has 0 aliphatic heterocycles. The van der Waals surface area contributed by atoms with Gasteiger partial charge in [-0.1, -0.05) is 64.7 Å². The van der Waals surface area contributed by atoms with E-state index in [-0.39, 0.29) is 18.4 Å². The molecule has 0 aromatic heterocycles. The molecule has 180 valence electrons. The minimum absolute atomic E-state index is 0.131. The van der Waals surface area contributed by atoms with Crippen LogP contribution in [0.25, 0.3) is 0 Å². The van der Waals surface area contributed by atoms with E-state index in [1.807, 2.05) is 0 Å². The molecule has 0 aliphatic carbocycles. The van der Waals surface area contributed by atoms with E-state index in [1.54, 1.807) is 5.43 Å². The van der Waals surface area contributed by atoms with Gasteiger partial charge in [0, 0.05) is 19.5 Å². The molecular formula is C21H42N6O4. The number of carbonyl (C=O) groups excluding carboxylic acids is 2. The molecule has 0 rings (SSSR count). The fraction of sp³-hybridized carbons (Fsp3) is 0.857. The number of unbranched alkanes of at least 4 members (excludes halogenated alkanes) is 6. The van der Waals surface area contributed by atoms with Crippen LogP contribution in [0.1, 0.15) is 91.4 Å². The van der Waals surface area contributed by atoms with E-state index in [4.69, 9.17) is 5.41 Å². The van der Waals surface area contributed by atoms with Gasteiger partial charge in [-0.25, -0.2) is 10.1 Å². The zero-order valence-electron chi connectivity index (χ0n) is 19.4. The Morgan fingerprint density at radius 3 is 2.19 bits per heavy atom. The maximum atomic E-state index is 12.5. The molecule has 0 aromatic rings. The van der Waals surface area contributed by atoms with Crippen molar-refractivity contribution in [2.24, 2.45) is 5.92 Å². The number of nitrogens with zero attached hydrogens (tertiary/aromatic N) is 1. The third-order valence-corrected chi connectivity index (χ3v) is 4.85. The van der Waals surface area contributed by atoms with Gasteiger partial charge in [0.1, 0.15) is 6.04 Å². The summed E-state index contributed by atoms with van der Waals surface area (Å²) in [6, 6.07) is -0.649. The van der Waals surface area contributed by atoms with Crippen molar-refractivity contribution in [1.29, 1.82) is 5.41 Å². The lowest BCUT2D eigenvalue weighted by molar-refractivity contribution is -0.525. The quantitative estimate of drug-likeness (QED) is 0.0724. The lowest BCUT2D eigenvalue weighted by Crippen LogP contribution is -2.47. The number of hydrogen-bond donors (Lipinski definition) is 5. The Balaban J connectivity index is 4.38. The molecule has 0 saturated heterocycles. The molecule has 0 bridgehead atoms. The SMILES string of the molecule is CCCCCCCCCC(=O)N[C@@H](CCCNC(=N)N[N+](=O)[O-])C(=O)NCCC(C)C. The molecule has 0 radical (unpaired) electrons. The van der Waals surface area contributed by atoms with Gasteiger partial charge in [0.2, 0.25) is 11.8 Å². The minimum atomic E-state index is -0.815. The zero-order chi connectivity index (χ0) is 23.5. The Kier molecular flexibility index (Phi) is 17.0. The fourth-order valence-corrected chi connectivity index (χ4v) is 3.04. The summed E-state index contributed by atoms with van der Waals surface area (Å²) < 4.78 is 0. The van der Waals surface area contributed by atoms with Gasteiger partial charge in [0.05, 0.1) is 0 Å². The van der Waals surface area contributed by atoms with Crippen molar-refractivity contribution in [3.05, 3.63) is 10.1 Å². The topological polar surface area (TPSA) is 149 Å². The molecule has 0 saturated carbocycles. The average molecular weight is 443 g/mol. The van der Waals surface area contributed by atoms with Gasteiger partial charge >= 0.3 is 0 Å². The number of nitro groups is 1. The molecule has 1 atom stereocenters. The molecule has 0 heterocycles. The first-order valence-electron chi connectivity index (χ1n) is 11.6. The highest BCUT2D eigenvalue weighted by Crippen LogP contribution is 2.09. The van der Waals surface area contributed by atoms with Gasteiger partial charge in [0.25, 0.3) is 5.96 Å². The van der Waals surface area contributed by atoms with Crippen LogP contribution in [0.3, 0.4) is 0 Å². The molecule has 0 fully saturated rings. The summed E-state index contributed by atoms with van der Waals surface area (Å²) in [4.78, 5) is 35.1. The van der Waals surface area contributed by atoms with Crippen molar-refractivity contribution < 1.29 is 14.6 Å². The second kappa shape index (κ2) is 18.4. The highest BCUT2D eigenvalue weighted by atomic mass is 16.7. The van der Waals surface area contributed by atoms with Crippen LogP contribution in [0, 0.1) is 21.4 Å². The summed E-state index contributed by atoms with van der Waals surface area (Å²) in [6.07, 6.45) is 9.97. The summed E-state index contributed by atoms with van der Waals surface area (Å²) >= 11 is 0. The largest absolute Gasteiger partial charge is 0.354 e. The third kappa shape index (κ3) is 18.1. The van der Waals surface area contributed by atoms with E-state index in [9.17, 15) is 19.7 Å². The van der Waals surface area contributed by atoms with Gasteiger partial charge < -0.3 is 16.0 Å². The van der Waals surface area contributed by atoms with Crippen LogP contribution in [0.15, 0.2) is 0 Å². The molecule has 10 heteroatoms. The molecule has 0 aromatic carbocycles. The van der Waals surface area contributed by atoms with E-state index < -0.39 is 17.0 Å². The van der Waals surface area contributed by atoms with Crippen molar-refractivity contribution in [3.63, 3.8) is 0 Å². The van der Waals surface area contributed by atoms with E-state index in [0.717, 1.165) is 25.7 Å². The Labute approximate surface area is 186 Å². The van der Waals surface area contributed by atoms with Crippen molar-refractivity contribution in [3.8, 4) is 0 Å². The minimum Gasteiger partial charge on any atom is -0.354 e. The lowest BCUT2D eigenvalue weighted by atomic mass is 10.1. The second-order valence-corrected chi connectivity index (χ2v) is 8.28. The van der Waals surface area contributed by atoms with Gasteiger partial charge in [0.15, 0.2) is 5.03 Å². The van der Waals surface area contributed by atoms with Crippen molar-refractivity contribution >= 4 is 17.8 Å². The smallest absolute Gasteiger partial charge is 0.251 e. The number of carbonyl (C=O) groups is 2. The molecule has 2 amide bonds. The second-order valence-electron chi connectivity index (χ2n) is 8.28.